The summed E-state index contributed by atoms with van der Waals surface area (Å²) in [5.74, 6) is 0.0966. The Hall–Kier alpha value is -1.65. The summed E-state index contributed by atoms with van der Waals surface area (Å²) in [7, 11) is 0. The number of hydrogen-bond donors (Lipinski definition) is 2. The number of nitrogens with zero attached hydrogens (tertiary/aromatic N) is 1. The van der Waals surface area contributed by atoms with Crippen LogP contribution in [0.15, 0.2) is 24.3 Å². The summed E-state index contributed by atoms with van der Waals surface area (Å²) < 4.78 is 0. The van der Waals surface area contributed by atoms with Crippen LogP contribution in [0.2, 0.25) is 0 Å². The average Bonchev–Trinajstić information content (AvgIpc) is 2.73. The number of rotatable bonds is 6. The molecule has 4 nitrogen and oxygen atoms in total. The third-order valence-electron chi connectivity index (χ3n) is 3.75. The quantitative estimate of drug-likeness (QED) is 0.804. The van der Waals surface area contributed by atoms with Crippen molar-refractivity contribution in [3.05, 3.63) is 35.5 Å². The number of hydrogen-bond acceptors (Lipinski definition) is 3. The van der Waals surface area contributed by atoms with E-state index in [-0.39, 0.29) is 11.8 Å². The fourth-order valence-electron chi connectivity index (χ4n) is 2.70. The maximum atomic E-state index is 12.7. The maximum Gasteiger partial charge on any atom is 0.179 e. The molecule has 2 N–H and O–H groups in total. The van der Waals surface area contributed by atoms with Gasteiger partial charge in [0.2, 0.25) is 0 Å². The highest BCUT2D eigenvalue weighted by Gasteiger charge is 2.21. The van der Waals surface area contributed by atoms with Gasteiger partial charge in [-0.05, 0) is 33.8 Å². The summed E-state index contributed by atoms with van der Waals surface area (Å²) in [5.41, 5.74) is 2.66. The van der Waals surface area contributed by atoms with Gasteiger partial charge in [-0.1, -0.05) is 18.2 Å². The predicted octanol–water partition coefficient (Wildman–Crippen LogP) is 2.75. The number of aromatic amines is 1. The zero-order valence-corrected chi connectivity index (χ0v) is 13.2. The first kappa shape index (κ1) is 15.7. The van der Waals surface area contributed by atoms with Crippen molar-refractivity contribution in [2.45, 2.75) is 39.8 Å². The minimum absolute atomic E-state index is 0.0966. The van der Waals surface area contributed by atoms with Crippen LogP contribution in [0.1, 0.15) is 36.8 Å². The Morgan fingerprint density at radius 3 is 2.57 bits per heavy atom. The van der Waals surface area contributed by atoms with Gasteiger partial charge < -0.3 is 10.1 Å². The zero-order valence-electron chi connectivity index (χ0n) is 13.2. The minimum atomic E-state index is -0.440. The minimum Gasteiger partial charge on any atom is -0.392 e. The fraction of sp³-hybridized carbons (Fsp3) is 0.471. The SMILES string of the molecule is Cc1[nH]c2ccccc2c1C(=O)CN(CC(C)O)C(C)C. The van der Waals surface area contributed by atoms with E-state index >= 15 is 0 Å². The number of aromatic nitrogens is 1. The lowest BCUT2D eigenvalue weighted by molar-refractivity contribution is 0.0799. The van der Waals surface area contributed by atoms with Crippen LogP contribution in [0.3, 0.4) is 0 Å². The number of benzene rings is 1. The first-order valence-corrected chi connectivity index (χ1v) is 7.42. The first-order chi connectivity index (χ1) is 9.90. The lowest BCUT2D eigenvalue weighted by Crippen LogP contribution is -2.40. The van der Waals surface area contributed by atoms with Gasteiger partial charge in [0.05, 0.1) is 12.6 Å². The Balaban J connectivity index is 2.27. The number of carbonyl (C=O) groups is 1. The Labute approximate surface area is 125 Å². The van der Waals surface area contributed by atoms with Crippen LogP contribution in [0.4, 0.5) is 0 Å². The third kappa shape index (κ3) is 3.52. The largest absolute Gasteiger partial charge is 0.392 e. The standard InChI is InChI=1S/C17H24N2O2/c1-11(2)19(9-12(3)20)10-16(21)17-13(4)18-15-8-6-5-7-14(15)17/h5-8,11-12,18,20H,9-10H2,1-4H3. The van der Waals surface area contributed by atoms with Gasteiger partial charge in [-0.15, -0.1) is 0 Å². The van der Waals surface area contributed by atoms with Crippen LogP contribution >= 0.6 is 0 Å². The summed E-state index contributed by atoms with van der Waals surface area (Å²) in [6, 6.07) is 8.08. The lowest BCUT2D eigenvalue weighted by Gasteiger charge is -2.26. The van der Waals surface area contributed by atoms with Crippen LogP contribution in [-0.4, -0.2) is 46.0 Å². The molecule has 1 heterocycles. The molecule has 0 bridgehead atoms. The highest BCUT2D eigenvalue weighted by molar-refractivity contribution is 6.10. The van der Waals surface area contributed by atoms with Crippen LogP contribution in [0.25, 0.3) is 10.9 Å². The van der Waals surface area contributed by atoms with E-state index in [2.05, 4.69) is 4.98 Å². The maximum absolute atomic E-state index is 12.7. The van der Waals surface area contributed by atoms with Crippen molar-refractivity contribution in [2.75, 3.05) is 13.1 Å². The zero-order chi connectivity index (χ0) is 15.6. The molecule has 4 heteroatoms. The molecule has 2 aromatic rings. The van der Waals surface area contributed by atoms with Crippen molar-refractivity contribution in [1.29, 1.82) is 0 Å². The van der Waals surface area contributed by atoms with Gasteiger partial charge in [0, 0.05) is 34.7 Å². The lowest BCUT2D eigenvalue weighted by atomic mass is 10.1. The van der Waals surface area contributed by atoms with Crippen LogP contribution in [0.5, 0.6) is 0 Å². The van der Waals surface area contributed by atoms with E-state index in [4.69, 9.17) is 0 Å². The van der Waals surface area contributed by atoms with Crippen molar-refractivity contribution in [3.8, 4) is 0 Å². The molecule has 0 amide bonds. The number of para-hydroxylation sites is 1. The molecule has 0 aliphatic carbocycles. The number of carbonyl (C=O) groups excluding carboxylic acids is 1. The Morgan fingerprint density at radius 1 is 1.29 bits per heavy atom. The molecule has 0 radical (unpaired) electrons. The van der Waals surface area contributed by atoms with E-state index in [1.54, 1.807) is 6.92 Å². The summed E-state index contributed by atoms with van der Waals surface area (Å²) >= 11 is 0. The molecule has 0 aliphatic heterocycles. The normalized spacial score (nSPS) is 13.3. The number of Topliss-reactive ketones (excluding diaryl/α,β-unsaturated/α-hetero) is 1. The monoisotopic (exact) mass is 288 g/mol. The molecule has 1 aromatic carbocycles. The molecular formula is C17H24N2O2. The Bertz CT molecular complexity index is 629. The number of aliphatic hydroxyl groups excluding tert-OH is 1. The van der Waals surface area contributed by atoms with E-state index in [9.17, 15) is 9.90 Å². The fourth-order valence-corrected chi connectivity index (χ4v) is 2.70. The second-order valence-electron chi connectivity index (χ2n) is 5.97. The van der Waals surface area contributed by atoms with Gasteiger partial charge >= 0.3 is 0 Å². The third-order valence-corrected chi connectivity index (χ3v) is 3.75. The van der Waals surface area contributed by atoms with Gasteiger partial charge in [-0.3, -0.25) is 9.69 Å². The summed E-state index contributed by atoms with van der Waals surface area (Å²) in [4.78, 5) is 18.0. The van der Waals surface area contributed by atoms with Crippen LogP contribution in [0, 0.1) is 6.92 Å². The molecule has 0 saturated heterocycles. The number of nitrogens with one attached hydrogen (secondary N) is 1. The van der Waals surface area contributed by atoms with Crippen molar-refractivity contribution in [2.24, 2.45) is 0 Å². The van der Waals surface area contributed by atoms with Crippen molar-refractivity contribution in [3.63, 3.8) is 0 Å². The summed E-state index contributed by atoms with van der Waals surface area (Å²) in [6.07, 6.45) is -0.440. The van der Waals surface area contributed by atoms with Crippen molar-refractivity contribution in [1.82, 2.24) is 9.88 Å². The smallest absolute Gasteiger partial charge is 0.179 e. The van der Waals surface area contributed by atoms with E-state index in [1.807, 2.05) is 49.9 Å². The highest BCUT2D eigenvalue weighted by Crippen LogP contribution is 2.22. The predicted molar refractivity (Wildman–Crippen MR) is 85.8 cm³/mol. The van der Waals surface area contributed by atoms with Crippen molar-refractivity contribution >= 4 is 16.7 Å². The van der Waals surface area contributed by atoms with Gasteiger partial charge in [0.25, 0.3) is 0 Å². The topological polar surface area (TPSA) is 56.3 Å². The Kier molecular flexibility index (Phi) is 4.80. The van der Waals surface area contributed by atoms with E-state index in [0.29, 0.717) is 13.1 Å². The molecule has 0 saturated carbocycles. The van der Waals surface area contributed by atoms with E-state index in [1.165, 1.54) is 0 Å². The number of ketones is 1. The Morgan fingerprint density at radius 2 is 1.95 bits per heavy atom. The average molecular weight is 288 g/mol. The molecular weight excluding hydrogens is 264 g/mol. The van der Waals surface area contributed by atoms with Crippen LogP contribution < -0.4 is 0 Å². The molecule has 0 aliphatic rings. The van der Waals surface area contributed by atoms with E-state index in [0.717, 1.165) is 22.2 Å². The van der Waals surface area contributed by atoms with E-state index < -0.39 is 6.10 Å². The number of aryl methyl sites for hydroxylation is 1. The molecule has 1 unspecified atom stereocenters. The molecule has 114 valence electrons. The summed E-state index contributed by atoms with van der Waals surface area (Å²) in [5, 5.41) is 10.6. The number of fused-ring (bicyclic) bond motifs is 1. The molecule has 0 fully saturated rings. The summed E-state index contributed by atoms with van der Waals surface area (Å²) in [6.45, 7) is 8.59. The van der Waals surface area contributed by atoms with Gasteiger partial charge in [0.15, 0.2) is 5.78 Å². The molecule has 2 rings (SSSR count). The molecule has 21 heavy (non-hydrogen) atoms. The van der Waals surface area contributed by atoms with Gasteiger partial charge in [-0.25, -0.2) is 0 Å². The van der Waals surface area contributed by atoms with Crippen molar-refractivity contribution < 1.29 is 9.90 Å². The molecule has 1 aromatic heterocycles. The molecule has 0 spiro atoms. The van der Waals surface area contributed by atoms with Gasteiger partial charge in [0.1, 0.15) is 0 Å². The number of aliphatic hydroxyl groups is 1. The number of H-pyrrole nitrogens is 1. The highest BCUT2D eigenvalue weighted by atomic mass is 16.3. The second-order valence-corrected chi connectivity index (χ2v) is 5.97. The molecule has 1 atom stereocenters. The first-order valence-electron chi connectivity index (χ1n) is 7.42. The van der Waals surface area contributed by atoms with Crippen LogP contribution in [-0.2, 0) is 0 Å². The second kappa shape index (κ2) is 6.41. The van der Waals surface area contributed by atoms with Gasteiger partial charge in [-0.2, -0.15) is 0 Å².